The number of aliphatic carboxylic acids is 1. The number of para-hydroxylation sites is 1. The molecule has 1 aromatic carbocycles. The van der Waals surface area contributed by atoms with E-state index in [-0.39, 0.29) is 5.91 Å². The maximum atomic E-state index is 13.2. The molecular weight excluding hydrogens is 362 g/mol. The second-order valence-corrected chi connectivity index (χ2v) is 7.68. The van der Waals surface area contributed by atoms with E-state index in [4.69, 9.17) is 4.98 Å². The molecular formula is C20H25N3O3S. The summed E-state index contributed by atoms with van der Waals surface area (Å²) in [6.45, 7) is 4.58. The molecule has 0 radical (unpaired) electrons. The van der Waals surface area contributed by atoms with Gasteiger partial charge >= 0.3 is 5.97 Å². The first-order valence-corrected chi connectivity index (χ1v) is 10.6. The lowest BCUT2D eigenvalue weighted by Gasteiger charge is -2.29. The zero-order valence-corrected chi connectivity index (χ0v) is 16.5. The number of carbonyl (C=O) groups excluding carboxylic acids is 1. The van der Waals surface area contributed by atoms with E-state index in [1.807, 2.05) is 30.5 Å². The van der Waals surface area contributed by atoms with Gasteiger partial charge in [-0.05, 0) is 31.0 Å². The number of carboxylic acids is 1. The second-order valence-electron chi connectivity index (χ2n) is 6.69. The van der Waals surface area contributed by atoms with Gasteiger partial charge in [0.1, 0.15) is 6.04 Å². The first kappa shape index (κ1) is 19.6. The van der Waals surface area contributed by atoms with Crippen LogP contribution in [0.5, 0.6) is 0 Å². The van der Waals surface area contributed by atoms with Crippen molar-refractivity contribution in [2.75, 3.05) is 25.1 Å². The third-order valence-electron chi connectivity index (χ3n) is 5.01. The van der Waals surface area contributed by atoms with Crippen molar-refractivity contribution >= 4 is 34.5 Å². The maximum absolute atomic E-state index is 13.2. The largest absolute Gasteiger partial charge is 0.480 e. The summed E-state index contributed by atoms with van der Waals surface area (Å²) in [5, 5.41) is 13.0. The highest BCUT2D eigenvalue weighted by Crippen LogP contribution is 2.28. The Morgan fingerprint density at radius 3 is 2.85 bits per heavy atom. The monoisotopic (exact) mass is 387 g/mol. The number of hydrogen-bond donors (Lipinski definition) is 2. The van der Waals surface area contributed by atoms with Crippen molar-refractivity contribution in [3.8, 4) is 0 Å². The van der Waals surface area contributed by atoms with E-state index in [2.05, 4.69) is 17.1 Å². The predicted molar refractivity (Wildman–Crippen MR) is 108 cm³/mol. The number of likely N-dealkylation sites (N-methyl/N-ethyl adjacent to an activating group) is 1. The Hall–Kier alpha value is -2.12. The molecule has 2 heterocycles. The minimum Gasteiger partial charge on any atom is -0.480 e. The van der Waals surface area contributed by atoms with Gasteiger partial charge in [0.05, 0.1) is 11.1 Å². The number of carbonyl (C=O) groups is 2. The lowest BCUT2D eigenvalue weighted by Crippen LogP contribution is -2.42. The highest BCUT2D eigenvalue weighted by molar-refractivity contribution is 7.98. The van der Waals surface area contributed by atoms with Crippen molar-refractivity contribution in [3.63, 3.8) is 0 Å². The molecule has 0 fully saturated rings. The van der Waals surface area contributed by atoms with Crippen LogP contribution in [0, 0.1) is 0 Å². The Morgan fingerprint density at radius 1 is 1.37 bits per heavy atom. The molecule has 2 N–H and O–H groups in total. The van der Waals surface area contributed by atoms with Gasteiger partial charge in [-0.3, -0.25) is 14.7 Å². The Labute approximate surface area is 163 Å². The third-order valence-corrected chi connectivity index (χ3v) is 5.66. The molecule has 1 unspecified atom stereocenters. The third kappa shape index (κ3) is 4.25. The summed E-state index contributed by atoms with van der Waals surface area (Å²) >= 11 is 1.57. The number of hydrogen-bond acceptors (Lipinski definition) is 5. The number of thioether (sulfide) groups is 1. The highest BCUT2D eigenvalue weighted by atomic mass is 32.2. The average Bonchev–Trinajstić information content (AvgIpc) is 2.68. The van der Waals surface area contributed by atoms with E-state index in [1.54, 1.807) is 11.8 Å². The molecule has 27 heavy (non-hydrogen) atoms. The van der Waals surface area contributed by atoms with Crippen LogP contribution < -0.4 is 5.32 Å². The van der Waals surface area contributed by atoms with Gasteiger partial charge in [0, 0.05) is 36.2 Å². The number of nitrogens with one attached hydrogen (secondary N) is 1. The molecule has 1 atom stereocenters. The maximum Gasteiger partial charge on any atom is 0.326 e. The number of aromatic nitrogens is 1. The van der Waals surface area contributed by atoms with E-state index in [0.29, 0.717) is 24.3 Å². The molecule has 6 nitrogen and oxygen atoms in total. The van der Waals surface area contributed by atoms with Crippen LogP contribution in [0.2, 0.25) is 0 Å². The normalized spacial score (nSPS) is 15.3. The Balaban J connectivity index is 2.03. The fourth-order valence-electron chi connectivity index (χ4n) is 3.50. The number of pyridine rings is 1. The zero-order valence-electron chi connectivity index (χ0n) is 15.7. The number of nitrogens with zero attached hydrogens (tertiary/aromatic N) is 2. The van der Waals surface area contributed by atoms with E-state index in [0.717, 1.165) is 41.7 Å². The van der Waals surface area contributed by atoms with Crippen LogP contribution in [0.15, 0.2) is 24.3 Å². The lowest BCUT2D eigenvalue weighted by molar-refractivity contribution is -0.139. The van der Waals surface area contributed by atoms with Crippen LogP contribution in [-0.2, 0) is 17.8 Å². The van der Waals surface area contributed by atoms with Gasteiger partial charge in [-0.15, -0.1) is 0 Å². The predicted octanol–water partition coefficient (Wildman–Crippen LogP) is 2.55. The fraction of sp³-hybridized carbons (Fsp3) is 0.450. The van der Waals surface area contributed by atoms with Gasteiger partial charge in [0.15, 0.2) is 0 Å². The minimum atomic E-state index is -1.00. The molecule has 0 saturated heterocycles. The molecule has 1 aliphatic heterocycles. The Bertz CT molecular complexity index is 856. The van der Waals surface area contributed by atoms with Gasteiger partial charge in [0.2, 0.25) is 0 Å². The fourth-order valence-corrected chi connectivity index (χ4v) is 3.97. The van der Waals surface area contributed by atoms with Crippen LogP contribution >= 0.6 is 11.8 Å². The molecule has 0 saturated carbocycles. The first-order chi connectivity index (χ1) is 13.0. The van der Waals surface area contributed by atoms with Crippen LogP contribution in [0.25, 0.3) is 10.9 Å². The zero-order chi connectivity index (χ0) is 19.4. The molecule has 0 bridgehead atoms. The standard InChI is InChI=1S/C20H25N3O3S/c1-3-23-10-8-16-14(12-23)18(13-6-4-5-7-15(13)21-16)19(24)22-17(20(25)26)9-11-27-2/h4-7,17H,3,8-12H2,1-2H3,(H,22,24)(H,25,26). The average molecular weight is 388 g/mol. The van der Waals surface area contributed by atoms with E-state index < -0.39 is 12.0 Å². The summed E-state index contributed by atoms with van der Waals surface area (Å²) in [6, 6.07) is 6.69. The van der Waals surface area contributed by atoms with E-state index >= 15 is 0 Å². The van der Waals surface area contributed by atoms with Crippen molar-refractivity contribution in [3.05, 3.63) is 41.1 Å². The highest BCUT2D eigenvalue weighted by Gasteiger charge is 2.27. The van der Waals surface area contributed by atoms with Crippen molar-refractivity contribution in [2.45, 2.75) is 32.4 Å². The van der Waals surface area contributed by atoms with Crippen LogP contribution in [0.3, 0.4) is 0 Å². The smallest absolute Gasteiger partial charge is 0.326 e. The first-order valence-electron chi connectivity index (χ1n) is 9.20. The molecule has 3 rings (SSSR count). The Kier molecular flexibility index (Phi) is 6.34. The summed E-state index contributed by atoms with van der Waals surface area (Å²) in [6.07, 6.45) is 3.12. The molecule has 1 aromatic heterocycles. The molecule has 7 heteroatoms. The van der Waals surface area contributed by atoms with Crippen LogP contribution in [-0.4, -0.2) is 58.0 Å². The summed E-state index contributed by atoms with van der Waals surface area (Å²) in [5.41, 5.74) is 3.22. The van der Waals surface area contributed by atoms with Crippen LogP contribution in [0.4, 0.5) is 0 Å². The van der Waals surface area contributed by atoms with Crippen molar-refractivity contribution in [2.24, 2.45) is 0 Å². The molecule has 0 aliphatic carbocycles. The molecule has 1 amide bonds. The quantitative estimate of drug-likeness (QED) is 0.760. The molecule has 0 spiro atoms. The van der Waals surface area contributed by atoms with E-state index in [1.165, 1.54) is 0 Å². The summed E-state index contributed by atoms with van der Waals surface area (Å²) in [5.74, 6) is -0.646. The van der Waals surface area contributed by atoms with Gasteiger partial charge in [-0.25, -0.2) is 4.79 Å². The number of rotatable bonds is 7. The summed E-state index contributed by atoms with van der Waals surface area (Å²) < 4.78 is 0. The topological polar surface area (TPSA) is 82.5 Å². The van der Waals surface area contributed by atoms with Gasteiger partial charge in [-0.1, -0.05) is 25.1 Å². The molecule has 1 aliphatic rings. The van der Waals surface area contributed by atoms with Crippen LogP contribution in [0.1, 0.15) is 35.0 Å². The Morgan fingerprint density at radius 2 is 2.15 bits per heavy atom. The molecule has 2 aromatic rings. The molecule has 144 valence electrons. The van der Waals surface area contributed by atoms with Gasteiger partial charge in [-0.2, -0.15) is 11.8 Å². The number of benzene rings is 1. The number of fused-ring (bicyclic) bond motifs is 2. The number of carboxylic acid groups (broad SMARTS) is 1. The van der Waals surface area contributed by atoms with E-state index in [9.17, 15) is 14.7 Å². The summed E-state index contributed by atoms with van der Waals surface area (Å²) in [7, 11) is 0. The van der Waals surface area contributed by atoms with Gasteiger partial charge in [0.25, 0.3) is 5.91 Å². The number of amides is 1. The van der Waals surface area contributed by atoms with Crippen molar-refractivity contribution in [1.29, 1.82) is 0 Å². The summed E-state index contributed by atoms with van der Waals surface area (Å²) in [4.78, 5) is 31.8. The van der Waals surface area contributed by atoms with Crippen molar-refractivity contribution < 1.29 is 14.7 Å². The SMILES string of the molecule is CCN1CCc2nc3ccccc3c(C(=O)NC(CCSC)C(=O)O)c2C1. The second kappa shape index (κ2) is 8.71. The lowest BCUT2D eigenvalue weighted by atomic mass is 9.95. The van der Waals surface area contributed by atoms with Gasteiger partial charge < -0.3 is 10.4 Å². The van der Waals surface area contributed by atoms with Crippen molar-refractivity contribution in [1.82, 2.24) is 15.2 Å². The minimum absolute atomic E-state index is 0.323.